The number of pyridine rings is 1. The standard InChI is InChI=1S/C23H17N3O/c1-2-21-25-20-12-6-9-18(14-13-17-8-7-15-24-16-17)22(20)23(27)26(21)19-10-4-3-5-11-19/h3-12,15-16H,2H2,1H3. The number of fused-ring (bicyclic) bond motifs is 1. The Bertz CT molecular complexity index is 1220. The van der Waals surface area contributed by atoms with Crippen molar-refractivity contribution in [1.29, 1.82) is 0 Å². The van der Waals surface area contributed by atoms with Crippen LogP contribution in [0.15, 0.2) is 77.9 Å². The molecule has 2 heterocycles. The summed E-state index contributed by atoms with van der Waals surface area (Å²) < 4.78 is 1.68. The Morgan fingerprint density at radius 2 is 1.81 bits per heavy atom. The average molecular weight is 351 g/mol. The van der Waals surface area contributed by atoms with E-state index in [1.54, 1.807) is 17.0 Å². The molecule has 0 bridgehead atoms. The molecule has 0 radical (unpaired) electrons. The summed E-state index contributed by atoms with van der Waals surface area (Å²) in [6, 6.07) is 18.9. The Kier molecular flexibility index (Phi) is 4.51. The van der Waals surface area contributed by atoms with Crippen molar-refractivity contribution in [3.63, 3.8) is 0 Å². The summed E-state index contributed by atoms with van der Waals surface area (Å²) in [5.41, 5.74) is 2.85. The van der Waals surface area contributed by atoms with E-state index in [9.17, 15) is 4.79 Å². The highest BCUT2D eigenvalue weighted by molar-refractivity contribution is 5.84. The fourth-order valence-corrected chi connectivity index (χ4v) is 3.04. The molecule has 0 amide bonds. The zero-order valence-electron chi connectivity index (χ0n) is 14.9. The van der Waals surface area contributed by atoms with Gasteiger partial charge in [-0.15, -0.1) is 0 Å². The minimum Gasteiger partial charge on any atom is -0.268 e. The van der Waals surface area contributed by atoms with E-state index in [1.807, 2.05) is 67.6 Å². The van der Waals surface area contributed by atoms with Gasteiger partial charge in [-0.05, 0) is 36.4 Å². The fraction of sp³-hybridized carbons (Fsp3) is 0.0870. The predicted octanol–water partition coefficient (Wildman–Crippen LogP) is 3.74. The molecule has 0 fully saturated rings. The second-order valence-electron chi connectivity index (χ2n) is 6.05. The monoisotopic (exact) mass is 351 g/mol. The summed E-state index contributed by atoms with van der Waals surface area (Å²) in [4.78, 5) is 22.2. The van der Waals surface area contributed by atoms with Crippen LogP contribution in [-0.4, -0.2) is 14.5 Å². The van der Waals surface area contributed by atoms with Gasteiger partial charge in [0.15, 0.2) is 0 Å². The number of benzene rings is 2. The minimum atomic E-state index is -0.0980. The van der Waals surface area contributed by atoms with Gasteiger partial charge >= 0.3 is 0 Å². The normalized spacial score (nSPS) is 10.4. The van der Waals surface area contributed by atoms with Gasteiger partial charge in [-0.1, -0.05) is 43.0 Å². The molecule has 0 unspecified atom stereocenters. The molecule has 0 N–H and O–H groups in total. The van der Waals surface area contributed by atoms with Gasteiger partial charge in [0.25, 0.3) is 5.56 Å². The Morgan fingerprint density at radius 1 is 0.963 bits per heavy atom. The number of aryl methyl sites for hydroxylation is 1. The zero-order chi connectivity index (χ0) is 18.6. The lowest BCUT2D eigenvalue weighted by molar-refractivity contribution is 0.833. The first-order chi connectivity index (χ1) is 13.3. The molecular formula is C23H17N3O. The molecule has 0 aliphatic carbocycles. The molecule has 27 heavy (non-hydrogen) atoms. The quantitative estimate of drug-likeness (QED) is 0.517. The number of aromatic nitrogens is 3. The summed E-state index contributed by atoms with van der Waals surface area (Å²) in [5.74, 6) is 6.93. The maximum absolute atomic E-state index is 13.4. The van der Waals surface area contributed by atoms with E-state index in [0.717, 1.165) is 17.1 Å². The lowest BCUT2D eigenvalue weighted by Gasteiger charge is -2.13. The highest BCUT2D eigenvalue weighted by atomic mass is 16.1. The number of hydrogen-bond acceptors (Lipinski definition) is 3. The maximum Gasteiger partial charge on any atom is 0.267 e. The Balaban J connectivity index is 1.98. The minimum absolute atomic E-state index is 0.0980. The third-order valence-electron chi connectivity index (χ3n) is 4.30. The largest absolute Gasteiger partial charge is 0.268 e. The van der Waals surface area contributed by atoms with Crippen LogP contribution in [0.5, 0.6) is 0 Å². The molecule has 0 saturated heterocycles. The first-order valence-electron chi connectivity index (χ1n) is 8.80. The van der Waals surface area contributed by atoms with Gasteiger partial charge in [-0.25, -0.2) is 4.98 Å². The van der Waals surface area contributed by atoms with E-state index < -0.39 is 0 Å². The maximum atomic E-state index is 13.4. The van der Waals surface area contributed by atoms with Gasteiger partial charge in [0, 0.05) is 29.9 Å². The molecule has 130 valence electrons. The van der Waals surface area contributed by atoms with E-state index in [2.05, 4.69) is 16.8 Å². The van der Waals surface area contributed by atoms with Crippen LogP contribution in [0.25, 0.3) is 16.6 Å². The molecule has 0 atom stereocenters. The number of nitrogens with zero attached hydrogens (tertiary/aromatic N) is 3. The van der Waals surface area contributed by atoms with E-state index in [-0.39, 0.29) is 5.56 Å². The molecular weight excluding hydrogens is 334 g/mol. The third kappa shape index (κ3) is 3.23. The molecule has 0 aliphatic heterocycles. The Hall–Kier alpha value is -3.71. The molecule has 0 aliphatic rings. The van der Waals surface area contributed by atoms with Gasteiger partial charge in [0.05, 0.1) is 16.6 Å². The molecule has 4 rings (SSSR count). The van der Waals surface area contributed by atoms with Crippen molar-refractivity contribution in [3.05, 3.63) is 100 Å². The van der Waals surface area contributed by atoms with Gasteiger partial charge in [-0.2, -0.15) is 0 Å². The van der Waals surface area contributed by atoms with Gasteiger partial charge < -0.3 is 0 Å². The average Bonchev–Trinajstić information content (AvgIpc) is 2.73. The van der Waals surface area contributed by atoms with Gasteiger partial charge in [0.1, 0.15) is 5.82 Å². The third-order valence-corrected chi connectivity index (χ3v) is 4.30. The zero-order valence-corrected chi connectivity index (χ0v) is 14.9. The number of rotatable bonds is 2. The number of para-hydroxylation sites is 1. The summed E-state index contributed by atoms with van der Waals surface area (Å²) in [5, 5.41) is 0.537. The topological polar surface area (TPSA) is 47.8 Å². The lowest BCUT2D eigenvalue weighted by atomic mass is 10.1. The van der Waals surface area contributed by atoms with Crippen LogP contribution in [0.4, 0.5) is 0 Å². The molecule has 4 aromatic rings. The number of hydrogen-bond donors (Lipinski definition) is 0. The van der Waals surface area contributed by atoms with E-state index in [4.69, 9.17) is 4.98 Å². The SMILES string of the molecule is CCc1nc2cccc(C#Cc3cccnc3)c2c(=O)n1-c1ccccc1. The van der Waals surface area contributed by atoms with Crippen molar-refractivity contribution in [3.8, 4) is 17.5 Å². The van der Waals surface area contributed by atoms with E-state index in [0.29, 0.717) is 22.9 Å². The smallest absolute Gasteiger partial charge is 0.267 e. The summed E-state index contributed by atoms with van der Waals surface area (Å²) in [7, 11) is 0. The van der Waals surface area contributed by atoms with Gasteiger partial charge in [0.2, 0.25) is 0 Å². The molecule has 0 spiro atoms. The summed E-state index contributed by atoms with van der Waals surface area (Å²) in [6.45, 7) is 2.00. The molecule has 4 heteroatoms. The van der Waals surface area contributed by atoms with Crippen LogP contribution in [0.2, 0.25) is 0 Å². The first-order valence-corrected chi connectivity index (χ1v) is 8.80. The van der Waals surface area contributed by atoms with Crippen molar-refractivity contribution < 1.29 is 0 Å². The van der Waals surface area contributed by atoms with Gasteiger partial charge in [-0.3, -0.25) is 14.3 Å². The fourth-order valence-electron chi connectivity index (χ4n) is 3.04. The Morgan fingerprint density at radius 3 is 2.56 bits per heavy atom. The second kappa shape index (κ2) is 7.27. The van der Waals surface area contributed by atoms with Crippen molar-refractivity contribution in [2.24, 2.45) is 0 Å². The van der Waals surface area contributed by atoms with Crippen molar-refractivity contribution in [2.45, 2.75) is 13.3 Å². The van der Waals surface area contributed by atoms with Crippen LogP contribution in [0, 0.1) is 11.8 Å². The van der Waals surface area contributed by atoms with Crippen molar-refractivity contribution in [1.82, 2.24) is 14.5 Å². The Labute approximate surface area is 157 Å². The second-order valence-corrected chi connectivity index (χ2v) is 6.05. The molecule has 2 aromatic heterocycles. The first kappa shape index (κ1) is 16.7. The summed E-state index contributed by atoms with van der Waals surface area (Å²) >= 11 is 0. The molecule has 4 nitrogen and oxygen atoms in total. The highest BCUT2D eigenvalue weighted by Crippen LogP contribution is 2.16. The van der Waals surface area contributed by atoms with E-state index >= 15 is 0 Å². The lowest BCUT2D eigenvalue weighted by Crippen LogP contribution is -2.24. The van der Waals surface area contributed by atoms with Crippen molar-refractivity contribution >= 4 is 10.9 Å². The summed E-state index contributed by atoms with van der Waals surface area (Å²) in [6.07, 6.45) is 4.07. The van der Waals surface area contributed by atoms with Crippen LogP contribution in [0.1, 0.15) is 23.9 Å². The van der Waals surface area contributed by atoms with Crippen LogP contribution < -0.4 is 5.56 Å². The predicted molar refractivity (Wildman–Crippen MR) is 107 cm³/mol. The van der Waals surface area contributed by atoms with Crippen LogP contribution in [-0.2, 0) is 6.42 Å². The van der Waals surface area contributed by atoms with Crippen LogP contribution in [0.3, 0.4) is 0 Å². The van der Waals surface area contributed by atoms with Crippen LogP contribution >= 0.6 is 0 Å². The highest BCUT2D eigenvalue weighted by Gasteiger charge is 2.13. The molecule has 2 aromatic carbocycles. The van der Waals surface area contributed by atoms with E-state index in [1.165, 1.54) is 0 Å². The van der Waals surface area contributed by atoms with Crippen molar-refractivity contribution in [2.75, 3.05) is 0 Å². The molecule has 0 saturated carbocycles.